The highest BCUT2D eigenvalue weighted by Crippen LogP contribution is 2.09. The molecule has 0 aromatic heterocycles. The highest BCUT2D eigenvalue weighted by molar-refractivity contribution is 6.76. The summed E-state index contributed by atoms with van der Waals surface area (Å²) < 4.78 is 4.44. The number of ether oxygens (including phenoxy) is 1. The van der Waals surface area contributed by atoms with Crippen LogP contribution in [0.2, 0.25) is 25.7 Å². The lowest BCUT2D eigenvalue weighted by Gasteiger charge is -2.14. The van der Waals surface area contributed by atoms with Gasteiger partial charge in [0, 0.05) is 14.6 Å². The topological polar surface area (TPSA) is 38.3 Å². The van der Waals surface area contributed by atoms with E-state index in [1.165, 1.54) is 13.2 Å². The zero-order chi connectivity index (χ0) is 9.61. The van der Waals surface area contributed by atoms with Crippen molar-refractivity contribution in [2.45, 2.75) is 32.1 Å². The summed E-state index contributed by atoms with van der Waals surface area (Å²) in [5, 5.41) is 2.67. The van der Waals surface area contributed by atoms with Gasteiger partial charge in [-0.05, 0) is 6.42 Å². The number of methoxy groups -OCH3 is 1. The Bertz CT molecular complexity index is 142. The molecule has 0 aliphatic heterocycles. The Hall–Kier alpha value is -0.513. The molecule has 1 N–H and O–H groups in total. The van der Waals surface area contributed by atoms with Gasteiger partial charge in [0.2, 0.25) is 0 Å². The van der Waals surface area contributed by atoms with Gasteiger partial charge in [-0.15, -0.1) is 0 Å². The second kappa shape index (κ2) is 5.19. The van der Waals surface area contributed by atoms with E-state index in [-0.39, 0.29) is 6.09 Å². The number of carbonyl (C=O) groups is 1. The number of hydrogen-bond acceptors (Lipinski definition) is 2. The zero-order valence-electron chi connectivity index (χ0n) is 8.44. The number of rotatable bonds is 4. The third kappa shape index (κ3) is 7.59. The fourth-order valence-corrected chi connectivity index (χ4v) is 2.12. The molecule has 72 valence electrons. The Morgan fingerprint density at radius 3 is 2.42 bits per heavy atom. The standard InChI is InChI=1S/C8H19NO2Si/c1-11-8(10)9-6-5-7-12(2,3)4/h5-7H2,1-4H3,(H,9,10). The van der Waals surface area contributed by atoms with Crippen LogP contribution >= 0.6 is 0 Å². The molecule has 0 aromatic rings. The molecule has 0 saturated carbocycles. The highest BCUT2D eigenvalue weighted by Gasteiger charge is 2.11. The van der Waals surface area contributed by atoms with Gasteiger partial charge in [-0.1, -0.05) is 25.7 Å². The van der Waals surface area contributed by atoms with Crippen molar-refractivity contribution in [1.82, 2.24) is 5.32 Å². The van der Waals surface area contributed by atoms with Crippen LogP contribution in [0.3, 0.4) is 0 Å². The van der Waals surface area contributed by atoms with E-state index in [2.05, 4.69) is 29.7 Å². The molecule has 0 heterocycles. The van der Waals surface area contributed by atoms with Crippen molar-refractivity contribution in [1.29, 1.82) is 0 Å². The molecule has 3 nitrogen and oxygen atoms in total. The van der Waals surface area contributed by atoms with Gasteiger partial charge in [0.1, 0.15) is 0 Å². The van der Waals surface area contributed by atoms with Gasteiger partial charge in [-0.25, -0.2) is 4.79 Å². The second-order valence-electron chi connectivity index (χ2n) is 4.08. The van der Waals surface area contributed by atoms with Gasteiger partial charge in [0.05, 0.1) is 7.11 Å². The van der Waals surface area contributed by atoms with Gasteiger partial charge in [-0.3, -0.25) is 0 Å². The fourth-order valence-electron chi connectivity index (χ4n) is 0.881. The monoisotopic (exact) mass is 189 g/mol. The van der Waals surface area contributed by atoms with Crippen molar-refractivity contribution in [3.05, 3.63) is 0 Å². The highest BCUT2D eigenvalue weighted by atomic mass is 28.3. The van der Waals surface area contributed by atoms with E-state index in [1.54, 1.807) is 0 Å². The molecule has 12 heavy (non-hydrogen) atoms. The van der Waals surface area contributed by atoms with Gasteiger partial charge in [-0.2, -0.15) is 0 Å². The van der Waals surface area contributed by atoms with Crippen LogP contribution in [-0.2, 0) is 4.74 Å². The lowest BCUT2D eigenvalue weighted by Crippen LogP contribution is -2.27. The van der Waals surface area contributed by atoms with Gasteiger partial charge < -0.3 is 10.1 Å². The van der Waals surface area contributed by atoms with E-state index < -0.39 is 8.07 Å². The number of nitrogens with one attached hydrogen (secondary N) is 1. The summed E-state index contributed by atoms with van der Waals surface area (Å²) in [5.74, 6) is 0. The van der Waals surface area contributed by atoms with Crippen LogP contribution in [0.5, 0.6) is 0 Å². The Morgan fingerprint density at radius 2 is 2.00 bits per heavy atom. The largest absolute Gasteiger partial charge is 0.453 e. The van der Waals surface area contributed by atoms with Crippen LogP contribution in [0.4, 0.5) is 4.79 Å². The van der Waals surface area contributed by atoms with Gasteiger partial charge >= 0.3 is 6.09 Å². The summed E-state index contributed by atoms with van der Waals surface area (Å²) in [5.41, 5.74) is 0. The van der Waals surface area contributed by atoms with Gasteiger partial charge in [0.15, 0.2) is 0 Å². The number of hydrogen-bond donors (Lipinski definition) is 1. The molecule has 0 atom stereocenters. The van der Waals surface area contributed by atoms with E-state index in [0.717, 1.165) is 13.0 Å². The first-order valence-electron chi connectivity index (χ1n) is 4.27. The van der Waals surface area contributed by atoms with Crippen molar-refractivity contribution in [3.8, 4) is 0 Å². The Morgan fingerprint density at radius 1 is 1.42 bits per heavy atom. The molecule has 4 heteroatoms. The molecule has 1 amide bonds. The van der Waals surface area contributed by atoms with E-state index in [0.29, 0.717) is 0 Å². The molecule has 0 aliphatic carbocycles. The third-order valence-electron chi connectivity index (χ3n) is 1.56. The van der Waals surface area contributed by atoms with Crippen LogP contribution < -0.4 is 5.32 Å². The first kappa shape index (κ1) is 11.5. The van der Waals surface area contributed by atoms with Crippen molar-refractivity contribution in [2.24, 2.45) is 0 Å². The summed E-state index contributed by atoms with van der Waals surface area (Å²) >= 11 is 0. The molecule has 0 radical (unpaired) electrons. The van der Waals surface area contributed by atoms with Crippen LogP contribution in [0.25, 0.3) is 0 Å². The number of alkyl carbamates (subject to hydrolysis) is 1. The van der Waals surface area contributed by atoms with E-state index >= 15 is 0 Å². The van der Waals surface area contributed by atoms with Crippen LogP contribution in [0.15, 0.2) is 0 Å². The first-order valence-corrected chi connectivity index (χ1v) is 7.98. The molecule has 0 bridgehead atoms. The number of carbonyl (C=O) groups excluding carboxylic acids is 1. The Balaban J connectivity index is 3.28. The molecule has 0 fully saturated rings. The van der Waals surface area contributed by atoms with E-state index in [4.69, 9.17) is 0 Å². The third-order valence-corrected chi connectivity index (χ3v) is 3.41. The zero-order valence-corrected chi connectivity index (χ0v) is 9.44. The molecule has 0 spiro atoms. The van der Waals surface area contributed by atoms with Crippen molar-refractivity contribution >= 4 is 14.2 Å². The molecule has 0 rings (SSSR count). The maximum absolute atomic E-state index is 10.6. The van der Waals surface area contributed by atoms with Crippen LogP contribution in [-0.4, -0.2) is 27.8 Å². The fraction of sp³-hybridized carbons (Fsp3) is 0.875. The minimum Gasteiger partial charge on any atom is -0.453 e. The minimum atomic E-state index is -0.932. The first-order chi connectivity index (χ1) is 5.45. The molecular weight excluding hydrogens is 170 g/mol. The predicted octanol–water partition coefficient (Wildman–Crippen LogP) is 2.07. The predicted molar refractivity (Wildman–Crippen MR) is 53.2 cm³/mol. The van der Waals surface area contributed by atoms with E-state index in [9.17, 15) is 4.79 Å². The Kier molecular flexibility index (Phi) is 4.97. The Labute approximate surface area is 75.5 Å². The summed E-state index contributed by atoms with van der Waals surface area (Å²) in [7, 11) is 0.451. The number of amides is 1. The SMILES string of the molecule is COC(=O)NCCC[Si](C)(C)C. The quantitative estimate of drug-likeness (QED) is 0.543. The van der Waals surface area contributed by atoms with Crippen molar-refractivity contribution in [3.63, 3.8) is 0 Å². The van der Waals surface area contributed by atoms with Crippen LogP contribution in [0, 0.1) is 0 Å². The minimum absolute atomic E-state index is 0.328. The summed E-state index contributed by atoms with van der Waals surface area (Å²) in [6.45, 7) is 7.71. The van der Waals surface area contributed by atoms with Crippen molar-refractivity contribution < 1.29 is 9.53 Å². The summed E-state index contributed by atoms with van der Waals surface area (Å²) in [6.07, 6.45) is 0.732. The molecule has 0 unspecified atom stereocenters. The maximum atomic E-state index is 10.6. The van der Waals surface area contributed by atoms with Crippen molar-refractivity contribution in [2.75, 3.05) is 13.7 Å². The molecule has 0 aromatic carbocycles. The van der Waals surface area contributed by atoms with Gasteiger partial charge in [0.25, 0.3) is 0 Å². The molecule has 0 aliphatic rings. The normalized spacial score (nSPS) is 11.0. The summed E-state index contributed by atoms with van der Waals surface area (Å²) in [6, 6.07) is 1.25. The second-order valence-corrected chi connectivity index (χ2v) is 9.70. The van der Waals surface area contributed by atoms with E-state index in [1.807, 2.05) is 0 Å². The maximum Gasteiger partial charge on any atom is 0.406 e. The average Bonchev–Trinajstić information content (AvgIpc) is 1.96. The molecule has 0 saturated heterocycles. The average molecular weight is 189 g/mol. The lowest BCUT2D eigenvalue weighted by atomic mass is 10.5. The smallest absolute Gasteiger partial charge is 0.406 e. The molecular formula is C8H19NO2Si. The van der Waals surface area contributed by atoms with Crippen LogP contribution in [0.1, 0.15) is 6.42 Å². The summed E-state index contributed by atoms with van der Waals surface area (Å²) in [4.78, 5) is 10.6. The lowest BCUT2D eigenvalue weighted by molar-refractivity contribution is 0.171.